The number of rotatable bonds is 9. The lowest BCUT2D eigenvalue weighted by Gasteiger charge is -2.34. The van der Waals surface area contributed by atoms with E-state index in [0.29, 0.717) is 0 Å². The first-order valence-corrected chi connectivity index (χ1v) is 10.3. The maximum atomic E-state index is 11.9. The minimum atomic E-state index is -4.58. The van der Waals surface area contributed by atoms with Crippen LogP contribution in [0.25, 0.3) is 0 Å². The molecule has 1 rings (SSSR count). The predicted octanol–water partition coefficient (Wildman–Crippen LogP) is 0.708. The first-order chi connectivity index (χ1) is 10.9. The van der Waals surface area contributed by atoms with Crippen molar-refractivity contribution in [2.45, 2.75) is 51.8 Å². The molecular formula is C12H23BO9P2-2. The average Bonchev–Trinajstić information content (AvgIpc) is 2.78. The highest BCUT2D eigenvalue weighted by Crippen LogP contribution is 2.46. The van der Waals surface area contributed by atoms with Gasteiger partial charge in [-0.05, 0) is 18.3 Å². The maximum absolute atomic E-state index is 11.9. The van der Waals surface area contributed by atoms with Gasteiger partial charge in [-0.1, -0.05) is 20.8 Å². The number of hydrogen-bond donors (Lipinski definition) is 0. The van der Waals surface area contributed by atoms with Gasteiger partial charge in [-0.3, -0.25) is 9.13 Å². The summed E-state index contributed by atoms with van der Waals surface area (Å²) < 4.78 is 46.6. The van der Waals surface area contributed by atoms with E-state index in [1.807, 2.05) is 20.8 Å². The molecule has 0 saturated carbocycles. The van der Waals surface area contributed by atoms with E-state index in [4.69, 9.17) is 21.6 Å². The van der Waals surface area contributed by atoms with Crippen molar-refractivity contribution in [2.24, 2.45) is 5.41 Å². The van der Waals surface area contributed by atoms with Crippen molar-refractivity contribution in [1.29, 1.82) is 0 Å². The van der Waals surface area contributed by atoms with Crippen molar-refractivity contribution in [3.8, 4) is 0 Å². The van der Waals surface area contributed by atoms with E-state index in [1.165, 1.54) is 0 Å². The lowest BCUT2D eigenvalue weighted by Crippen LogP contribution is -2.37. The van der Waals surface area contributed by atoms with Crippen molar-refractivity contribution in [3.63, 3.8) is 0 Å². The first-order valence-electron chi connectivity index (χ1n) is 7.43. The van der Waals surface area contributed by atoms with Crippen LogP contribution in [0, 0.1) is 5.41 Å². The maximum Gasteiger partial charge on any atom is 0.268 e. The molecule has 0 N–H and O–H groups in total. The molecule has 0 aromatic carbocycles. The van der Waals surface area contributed by atoms with E-state index in [0.717, 1.165) is 7.11 Å². The highest BCUT2D eigenvalue weighted by atomic mass is 31.2. The Bertz CT molecular complexity index is 495. The second-order valence-electron chi connectivity index (χ2n) is 6.44. The summed E-state index contributed by atoms with van der Waals surface area (Å²) in [6, 6.07) is -0.604. The Morgan fingerprint density at radius 3 is 2.21 bits per heavy atom. The quantitative estimate of drug-likeness (QED) is 0.321. The van der Waals surface area contributed by atoms with Gasteiger partial charge in [-0.15, -0.1) is 0 Å². The lowest BCUT2D eigenvalue weighted by atomic mass is 9.85. The molecule has 9 nitrogen and oxygen atoms in total. The van der Waals surface area contributed by atoms with Gasteiger partial charge >= 0.3 is 0 Å². The Hall–Kier alpha value is 0.245. The molecule has 0 aliphatic carbocycles. The third kappa shape index (κ3) is 7.64. The Morgan fingerprint density at radius 2 is 1.71 bits per heavy atom. The summed E-state index contributed by atoms with van der Waals surface area (Å²) in [5.41, 5.74) is -0.359. The SMILES string of the molecule is [B]C1CC(OP(=O)([O-])OCCCOP(=O)([O-])OC)C(C(C)(C)C)O1. The molecule has 5 atom stereocenters. The van der Waals surface area contributed by atoms with Crippen molar-refractivity contribution in [1.82, 2.24) is 0 Å². The summed E-state index contributed by atoms with van der Waals surface area (Å²) in [5, 5.41) is 0. The predicted molar refractivity (Wildman–Crippen MR) is 82.1 cm³/mol. The topological polar surface area (TPSA) is 126 Å². The summed E-state index contributed by atoms with van der Waals surface area (Å²) >= 11 is 0. The number of phosphoric acid groups is 2. The number of phosphoric ester groups is 2. The van der Waals surface area contributed by atoms with E-state index < -0.39 is 33.9 Å². The van der Waals surface area contributed by atoms with E-state index in [-0.39, 0.29) is 31.5 Å². The zero-order chi connectivity index (χ0) is 18.6. The van der Waals surface area contributed by atoms with E-state index in [1.54, 1.807) is 0 Å². The smallest absolute Gasteiger partial charge is 0.268 e. The van der Waals surface area contributed by atoms with Gasteiger partial charge in [-0.2, -0.15) is 0 Å². The third-order valence-corrected chi connectivity index (χ3v) is 5.23. The van der Waals surface area contributed by atoms with E-state index in [2.05, 4.69) is 9.05 Å². The molecule has 0 spiro atoms. The lowest BCUT2D eigenvalue weighted by molar-refractivity contribution is -0.232. The van der Waals surface area contributed by atoms with E-state index >= 15 is 0 Å². The van der Waals surface area contributed by atoms with Gasteiger partial charge in [0.1, 0.15) is 7.85 Å². The second-order valence-corrected chi connectivity index (χ2v) is 9.32. The Balaban J connectivity index is 2.43. The zero-order valence-corrected chi connectivity index (χ0v) is 16.0. The monoisotopic (exact) mass is 384 g/mol. The highest BCUT2D eigenvalue weighted by Gasteiger charge is 2.42. The molecular weight excluding hydrogens is 361 g/mol. The molecule has 2 radical (unpaired) electrons. The van der Waals surface area contributed by atoms with Crippen LogP contribution in [0.5, 0.6) is 0 Å². The van der Waals surface area contributed by atoms with Crippen LogP contribution in [0.4, 0.5) is 0 Å². The van der Waals surface area contributed by atoms with Gasteiger partial charge in [0.2, 0.25) is 0 Å². The summed E-state index contributed by atoms with van der Waals surface area (Å²) in [6.45, 7) is 5.10. The molecule has 0 amide bonds. The van der Waals surface area contributed by atoms with Crippen LogP contribution in [0.3, 0.4) is 0 Å². The van der Waals surface area contributed by atoms with Crippen LogP contribution in [0.2, 0.25) is 0 Å². The minimum absolute atomic E-state index is 0.0224. The van der Waals surface area contributed by atoms with Crippen LogP contribution in [-0.4, -0.2) is 46.4 Å². The fourth-order valence-corrected chi connectivity index (χ4v) is 3.60. The Kier molecular flexibility index (Phi) is 8.13. The van der Waals surface area contributed by atoms with Crippen LogP contribution in [0.15, 0.2) is 0 Å². The fourth-order valence-electron chi connectivity index (χ4n) is 2.20. The highest BCUT2D eigenvalue weighted by molar-refractivity contribution is 7.46. The van der Waals surface area contributed by atoms with Crippen molar-refractivity contribution in [3.05, 3.63) is 0 Å². The molecule has 5 unspecified atom stereocenters. The molecule has 12 heteroatoms. The Labute approximate surface area is 143 Å². The zero-order valence-electron chi connectivity index (χ0n) is 14.2. The van der Waals surface area contributed by atoms with Crippen molar-refractivity contribution in [2.75, 3.05) is 20.3 Å². The first kappa shape index (κ1) is 22.3. The van der Waals surface area contributed by atoms with Crippen LogP contribution in [0.1, 0.15) is 33.6 Å². The van der Waals surface area contributed by atoms with Crippen LogP contribution >= 0.6 is 15.6 Å². The molecule has 0 bridgehead atoms. The minimum Gasteiger partial charge on any atom is -0.756 e. The average molecular weight is 384 g/mol. The molecule has 0 aromatic heterocycles. The normalized spacial score (nSPS) is 30.0. The molecule has 24 heavy (non-hydrogen) atoms. The van der Waals surface area contributed by atoms with Gasteiger partial charge in [0.25, 0.3) is 15.6 Å². The summed E-state index contributed by atoms with van der Waals surface area (Å²) in [6.07, 6.45) is -0.979. The van der Waals surface area contributed by atoms with Gasteiger partial charge in [0.05, 0.1) is 25.4 Å². The number of ether oxygens (including phenoxy) is 1. The van der Waals surface area contributed by atoms with Crippen LogP contribution < -0.4 is 9.79 Å². The summed E-state index contributed by atoms with van der Waals surface area (Å²) in [5.74, 6) is 0. The van der Waals surface area contributed by atoms with Gasteiger partial charge < -0.3 is 32.6 Å². The standard InChI is InChI=1S/C12H25BO9P2/c1-12(2,3)11-9(8-10(13)21-11)22-24(16,17)20-7-5-6-19-23(14,15)18-4/h9-11H,5-8H2,1-4H3,(H,14,15)(H,16,17)/p-2. The molecule has 140 valence electrons. The van der Waals surface area contributed by atoms with Gasteiger partial charge in [-0.25, -0.2) is 0 Å². The summed E-state index contributed by atoms with van der Waals surface area (Å²) in [7, 11) is -2.24. The van der Waals surface area contributed by atoms with Gasteiger partial charge in [0.15, 0.2) is 0 Å². The van der Waals surface area contributed by atoms with Crippen LogP contribution in [-0.2, 0) is 32.0 Å². The second kappa shape index (κ2) is 8.76. The molecule has 0 aromatic rings. The Morgan fingerprint density at radius 1 is 1.17 bits per heavy atom. The summed E-state index contributed by atoms with van der Waals surface area (Å²) in [4.78, 5) is 22.8. The molecule has 1 saturated heterocycles. The third-order valence-electron chi connectivity index (χ3n) is 3.25. The fraction of sp³-hybridized carbons (Fsp3) is 1.00. The largest absolute Gasteiger partial charge is 0.756 e. The van der Waals surface area contributed by atoms with Crippen molar-refractivity contribution >= 4 is 23.5 Å². The molecule has 1 heterocycles. The number of hydrogen-bond acceptors (Lipinski definition) is 9. The molecule has 1 fully saturated rings. The van der Waals surface area contributed by atoms with Crippen molar-refractivity contribution < 1.29 is 41.7 Å². The van der Waals surface area contributed by atoms with E-state index in [9.17, 15) is 18.9 Å². The van der Waals surface area contributed by atoms with Gasteiger partial charge in [0, 0.05) is 13.1 Å². The molecule has 1 aliphatic rings. The molecule has 1 aliphatic heterocycles.